The van der Waals surface area contributed by atoms with Crippen molar-refractivity contribution in [3.05, 3.63) is 28.7 Å². The van der Waals surface area contributed by atoms with Gasteiger partial charge in [0, 0.05) is 10.2 Å². The molecular formula is C14H19BrN2O5S. The average molecular weight is 407 g/mol. The quantitative estimate of drug-likeness (QED) is 0.636. The standard InChI is InChI=1S/C14H19BrN2O5S/c1-10(2)7-22-17-14(19)9-23(20,21)8-13(18)16-12-5-3-4-11(15)6-12/h3-6,10H,7-9H2,1-2H3,(H,16,18)(H,17,19). The van der Waals surface area contributed by atoms with Crippen LogP contribution in [0.2, 0.25) is 0 Å². The minimum absolute atomic E-state index is 0.197. The SMILES string of the molecule is CC(C)CONC(=O)CS(=O)(=O)CC(=O)Nc1cccc(Br)c1. The third-order valence-electron chi connectivity index (χ3n) is 2.41. The lowest BCUT2D eigenvalue weighted by Crippen LogP contribution is -2.34. The van der Waals surface area contributed by atoms with Crippen LogP contribution in [0.1, 0.15) is 13.8 Å². The molecule has 0 aromatic heterocycles. The van der Waals surface area contributed by atoms with Gasteiger partial charge >= 0.3 is 0 Å². The zero-order chi connectivity index (χ0) is 17.5. The van der Waals surface area contributed by atoms with Gasteiger partial charge in [-0.1, -0.05) is 35.8 Å². The number of hydrogen-bond acceptors (Lipinski definition) is 5. The molecule has 0 atom stereocenters. The van der Waals surface area contributed by atoms with Gasteiger partial charge in [0.2, 0.25) is 5.91 Å². The van der Waals surface area contributed by atoms with Crippen LogP contribution in [-0.2, 0) is 24.3 Å². The number of carbonyl (C=O) groups excluding carboxylic acids is 2. The fourth-order valence-corrected chi connectivity index (χ4v) is 2.96. The topological polar surface area (TPSA) is 102 Å². The summed E-state index contributed by atoms with van der Waals surface area (Å²) in [6, 6.07) is 6.74. The molecular weight excluding hydrogens is 388 g/mol. The fourth-order valence-electron chi connectivity index (χ4n) is 1.53. The molecule has 23 heavy (non-hydrogen) atoms. The molecule has 1 rings (SSSR count). The summed E-state index contributed by atoms with van der Waals surface area (Å²) >= 11 is 3.24. The molecule has 2 amide bonds. The van der Waals surface area contributed by atoms with Crippen LogP contribution in [0.25, 0.3) is 0 Å². The van der Waals surface area contributed by atoms with E-state index in [9.17, 15) is 18.0 Å². The lowest BCUT2D eigenvalue weighted by molar-refractivity contribution is -0.131. The number of nitrogens with one attached hydrogen (secondary N) is 2. The van der Waals surface area contributed by atoms with E-state index in [-0.39, 0.29) is 12.5 Å². The second-order valence-electron chi connectivity index (χ2n) is 5.32. The van der Waals surface area contributed by atoms with Crippen molar-refractivity contribution >= 4 is 43.3 Å². The predicted octanol–water partition coefficient (Wildman–Crippen LogP) is 1.51. The van der Waals surface area contributed by atoms with Crippen molar-refractivity contribution in [3.8, 4) is 0 Å². The molecule has 0 saturated carbocycles. The highest BCUT2D eigenvalue weighted by atomic mass is 79.9. The second kappa shape index (κ2) is 8.99. The van der Waals surface area contributed by atoms with Crippen LogP contribution >= 0.6 is 15.9 Å². The van der Waals surface area contributed by atoms with E-state index in [0.717, 1.165) is 4.47 Å². The fraction of sp³-hybridized carbons (Fsp3) is 0.429. The Morgan fingerprint density at radius 2 is 1.87 bits per heavy atom. The number of halogens is 1. The van der Waals surface area contributed by atoms with Crippen molar-refractivity contribution < 1.29 is 22.8 Å². The molecule has 1 aromatic carbocycles. The van der Waals surface area contributed by atoms with E-state index in [1.165, 1.54) is 0 Å². The number of hydrogen-bond donors (Lipinski definition) is 2. The maximum Gasteiger partial charge on any atom is 0.258 e. The monoisotopic (exact) mass is 406 g/mol. The predicted molar refractivity (Wildman–Crippen MR) is 90.4 cm³/mol. The zero-order valence-corrected chi connectivity index (χ0v) is 15.2. The summed E-state index contributed by atoms with van der Waals surface area (Å²) in [6.07, 6.45) is 0. The third-order valence-corrected chi connectivity index (χ3v) is 4.31. The van der Waals surface area contributed by atoms with Crippen molar-refractivity contribution in [3.63, 3.8) is 0 Å². The molecule has 9 heteroatoms. The van der Waals surface area contributed by atoms with Crippen molar-refractivity contribution in [1.82, 2.24) is 5.48 Å². The Morgan fingerprint density at radius 1 is 1.22 bits per heavy atom. The van der Waals surface area contributed by atoms with Gasteiger partial charge in [-0.2, -0.15) is 0 Å². The maximum absolute atomic E-state index is 11.8. The van der Waals surface area contributed by atoms with Gasteiger partial charge in [0.25, 0.3) is 5.91 Å². The van der Waals surface area contributed by atoms with Gasteiger partial charge in [0.05, 0.1) is 6.61 Å². The summed E-state index contributed by atoms with van der Waals surface area (Å²) in [5, 5.41) is 2.46. The molecule has 0 aliphatic heterocycles. The molecule has 0 aliphatic carbocycles. The molecule has 0 bridgehead atoms. The van der Waals surface area contributed by atoms with Gasteiger partial charge in [0.1, 0.15) is 11.5 Å². The van der Waals surface area contributed by atoms with Gasteiger partial charge in [-0.3, -0.25) is 14.4 Å². The van der Waals surface area contributed by atoms with E-state index in [1.807, 2.05) is 19.3 Å². The van der Waals surface area contributed by atoms with E-state index < -0.39 is 33.2 Å². The number of rotatable bonds is 8. The first kappa shape index (κ1) is 19.6. The Labute approximate surface area is 143 Å². The van der Waals surface area contributed by atoms with Crippen molar-refractivity contribution in [2.45, 2.75) is 13.8 Å². The molecule has 2 N–H and O–H groups in total. The second-order valence-corrected chi connectivity index (χ2v) is 8.30. The van der Waals surface area contributed by atoms with Crippen LogP contribution < -0.4 is 10.8 Å². The highest BCUT2D eigenvalue weighted by molar-refractivity contribution is 9.10. The normalized spacial score (nSPS) is 11.3. The van der Waals surface area contributed by atoms with Gasteiger partial charge in [0.15, 0.2) is 9.84 Å². The molecule has 0 saturated heterocycles. The van der Waals surface area contributed by atoms with E-state index in [1.54, 1.807) is 24.3 Å². The van der Waals surface area contributed by atoms with Crippen molar-refractivity contribution in [1.29, 1.82) is 0 Å². The van der Waals surface area contributed by atoms with Crippen LogP contribution in [-0.4, -0.2) is 38.3 Å². The number of sulfone groups is 1. The Hall–Kier alpha value is -1.45. The minimum atomic E-state index is -3.88. The van der Waals surface area contributed by atoms with Crippen LogP contribution in [0, 0.1) is 5.92 Å². The Balaban J connectivity index is 2.47. The van der Waals surface area contributed by atoms with Crippen molar-refractivity contribution in [2.75, 3.05) is 23.4 Å². The van der Waals surface area contributed by atoms with E-state index >= 15 is 0 Å². The molecule has 7 nitrogen and oxygen atoms in total. The first-order valence-electron chi connectivity index (χ1n) is 6.84. The first-order chi connectivity index (χ1) is 10.7. The molecule has 0 spiro atoms. The highest BCUT2D eigenvalue weighted by Crippen LogP contribution is 2.15. The largest absolute Gasteiger partial charge is 0.325 e. The van der Waals surface area contributed by atoms with Gasteiger partial charge < -0.3 is 5.32 Å². The molecule has 0 heterocycles. The summed E-state index contributed by atoms with van der Waals surface area (Å²) < 4.78 is 24.4. The average Bonchev–Trinajstić information content (AvgIpc) is 2.36. The third kappa shape index (κ3) is 8.68. The smallest absolute Gasteiger partial charge is 0.258 e. The number of anilines is 1. The van der Waals surface area contributed by atoms with Crippen LogP contribution in [0.3, 0.4) is 0 Å². The van der Waals surface area contributed by atoms with Crippen LogP contribution in [0.5, 0.6) is 0 Å². The lowest BCUT2D eigenvalue weighted by atomic mass is 10.2. The van der Waals surface area contributed by atoms with E-state index in [0.29, 0.717) is 5.69 Å². The summed E-state index contributed by atoms with van der Waals surface area (Å²) in [5.74, 6) is -2.91. The summed E-state index contributed by atoms with van der Waals surface area (Å²) in [6.45, 7) is 4.04. The molecule has 0 aliphatic rings. The number of amides is 2. The van der Waals surface area contributed by atoms with Gasteiger partial charge in [-0.15, -0.1) is 0 Å². The van der Waals surface area contributed by atoms with E-state index in [2.05, 4.69) is 21.2 Å². The Kier molecular flexibility index (Phi) is 7.66. The maximum atomic E-state index is 11.8. The summed E-state index contributed by atoms with van der Waals surface area (Å²) in [4.78, 5) is 28.1. The van der Waals surface area contributed by atoms with Crippen LogP contribution in [0.15, 0.2) is 28.7 Å². The molecule has 0 unspecified atom stereocenters. The Bertz CT molecular complexity index is 661. The minimum Gasteiger partial charge on any atom is -0.325 e. The Morgan fingerprint density at radius 3 is 2.48 bits per heavy atom. The lowest BCUT2D eigenvalue weighted by Gasteiger charge is -2.09. The molecule has 128 valence electrons. The first-order valence-corrected chi connectivity index (χ1v) is 9.46. The highest BCUT2D eigenvalue weighted by Gasteiger charge is 2.21. The van der Waals surface area contributed by atoms with Gasteiger partial charge in [-0.05, 0) is 24.1 Å². The van der Waals surface area contributed by atoms with E-state index in [4.69, 9.17) is 4.84 Å². The van der Waals surface area contributed by atoms with Crippen molar-refractivity contribution in [2.24, 2.45) is 5.92 Å². The van der Waals surface area contributed by atoms with Gasteiger partial charge in [-0.25, -0.2) is 13.9 Å². The zero-order valence-electron chi connectivity index (χ0n) is 12.8. The van der Waals surface area contributed by atoms with Crippen LogP contribution in [0.4, 0.5) is 5.69 Å². The summed E-state index contributed by atoms with van der Waals surface area (Å²) in [7, 11) is -3.88. The number of carbonyl (C=O) groups is 2. The number of benzene rings is 1. The summed E-state index contributed by atoms with van der Waals surface area (Å²) in [5.41, 5.74) is 2.51. The molecule has 1 aromatic rings. The number of hydroxylamine groups is 1. The molecule has 0 fully saturated rings. The molecule has 0 radical (unpaired) electrons.